The lowest BCUT2D eigenvalue weighted by Crippen LogP contribution is -2.32. The van der Waals surface area contributed by atoms with Gasteiger partial charge in [0.15, 0.2) is 0 Å². The van der Waals surface area contributed by atoms with Crippen molar-refractivity contribution in [1.82, 2.24) is 14.9 Å². The third-order valence-electron chi connectivity index (χ3n) is 3.86. The van der Waals surface area contributed by atoms with E-state index in [9.17, 15) is 9.90 Å². The molecule has 3 aromatic rings. The van der Waals surface area contributed by atoms with Gasteiger partial charge in [0.2, 0.25) is 5.56 Å². The van der Waals surface area contributed by atoms with Gasteiger partial charge in [0.25, 0.3) is 0 Å². The molecule has 0 aliphatic carbocycles. The van der Waals surface area contributed by atoms with E-state index in [0.29, 0.717) is 12.3 Å². The number of hydrogen-bond donors (Lipinski definition) is 2. The van der Waals surface area contributed by atoms with E-state index in [1.807, 2.05) is 30.1 Å². The highest BCUT2D eigenvalue weighted by molar-refractivity contribution is 5.79. The largest absolute Gasteiger partial charge is 0.491 e. The fourth-order valence-electron chi connectivity index (χ4n) is 2.69. The van der Waals surface area contributed by atoms with E-state index in [0.717, 1.165) is 23.0 Å². The molecule has 3 rings (SSSR count). The van der Waals surface area contributed by atoms with Gasteiger partial charge in [-0.2, -0.15) is 0 Å². The van der Waals surface area contributed by atoms with Crippen LogP contribution < -0.4 is 10.3 Å². The van der Waals surface area contributed by atoms with Crippen molar-refractivity contribution in [3.63, 3.8) is 0 Å². The van der Waals surface area contributed by atoms with E-state index in [1.54, 1.807) is 30.6 Å². The molecule has 0 radical (unpaired) electrons. The van der Waals surface area contributed by atoms with Crippen molar-refractivity contribution in [3.8, 4) is 5.75 Å². The first-order valence-electron chi connectivity index (χ1n) is 8.11. The number of pyridine rings is 2. The molecule has 0 saturated carbocycles. The maximum Gasteiger partial charge on any atom is 0.248 e. The number of aromatic nitrogens is 2. The van der Waals surface area contributed by atoms with E-state index >= 15 is 0 Å². The number of ether oxygens (including phenoxy) is 1. The highest BCUT2D eigenvalue weighted by Gasteiger charge is 2.10. The summed E-state index contributed by atoms with van der Waals surface area (Å²) in [7, 11) is 1.95. The number of nitrogens with zero attached hydrogens (tertiary/aromatic N) is 2. The first kappa shape index (κ1) is 17.1. The van der Waals surface area contributed by atoms with Gasteiger partial charge >= 0.3 is 0 Å². The van der Waals surface area contributed by atoms with Gasteiger partial charge in [-0.05, 0) is 49.0 Å². The number of aromatic amines is 1. The van der Waals surface area contributed by atoms with Crippen LogP contribution in [0.15, 0.2) is 59.7 Å². The second-order valence-electron chi connectivity index (χ2n) is 6.09. The molecule has 1 atom stereocenters. The Morgan fingerprint density at radius 2 is 2.00 bits per heavy atom. The molecule has 0 fully saturated rings. The first-order chi connectivity index (χ1) is 12.1. The fourth-order valence-corrected chi connectivity index (χ4v) is 2.69. The van der Waals surface area contributed by atoms with Crippen LogP contribution >= 0.6 is 0 Å². The Kier molecular flexibility index (Phi) is 5.42. The lowest BCUT2D eigenvalue weighted by molar-refractivity contribution is 0.0744. The van der Waals surface area contributed by atoms with Gasteiger partial charge in [-0.1, -0.05) is 0 Å². The van der Waals surface area contributed by atoms with Crippen LogP contribution in [0.5, 0.6) is 5.75 Å². The summed E-state index contributed by atoms with van der Waals surface area (Å²) in [4.78, 5) is 20.1. The summed E-state index contributed by atoms with van der Waals surface area (Å²) in [6, 6.07) is 12.6. The monoisotopic (exact) mass is 339 g/mol. The van der Waals surface area contributed by atoms with Crippen molar-refractivity contribution in [2.24, 2.45) is 0 Å². The number of likely N-dealkylation sites (N-methyl/N-ethyl adjacent to an activating group) is 1. The molecule has 0 bridgehead atoms. The number of benzene rings is 1. The van der Waals surface area contributed by atoms with Gasteiger partial charge in [-0.25, -0.2) is 0 Å². The zero-order valence-electron chi connectivity index (χ0n) is 14.1. The second-order valence-corrected chi connectivity index (χ2v) is 6.09. The molecule has 0 spiro atoms. The highest BCUT2D eigenvalue weighted by atomic mass is 16.5. The molecule has 2 heterocycles. The summed E-state index contributed by atoms with van der Waals surface area (Å²) in [5, 5.41) is 11.1. The van der Waals surface area contributed by atoms with E-state index < -0.39 is 6.10 Å². The summed E-state index contributed by atoms with van der Waals surface area (Å²) in [6.45, 7) is 1.45. The lowest BCUT2D eigenvalue weighted by atomic mass is 10.2. The third-order valence-corrected chi connectivity index (χ3v) is 3.86. The van der Waals surface area contributed by atoms with E-state index in [2.05, 4.69) is 9.97 Å². The minimum absolute atomic E-state index is 0.131. The number of aliphatic hydroxyl groups excluding tert-OH is 1. The Labute approximate surface area is 145 Å². The molecule has 0 aliphatic heterocycles. The number of rotatable bonds is 7. The van der Waals surface area contributed by atoms with Gasteiger partial charge in [0, 0.05) is 42.5 Å². The Morgan fingerprint density at radius 3 is 2.80 bits per heavy atom. The molecule has 2 aromatic heterocycles. The molecule has 6 nitrogen and oxygen atoms in total. The van der Waals surface area contributed by atoms with Crippen LogP contribution in [0.25, 0.3) is 10.9 Å². The zero-order chi connectivity index (χ0) is 17.6. The number of aliphatic hydroxyl groups is 1. The second kappa shape index (κ2) is 7.92. The number of H-pyrrole nitrogens is 1. The first-order valence-corrected chi connectivity index (χ1v) is 8.11. The quantitative estimate of drug-likeness (QED) is 0.686. The Morgan fingerprint density at radius 1 is 1.20 bits per heavy atom. The molecule has 0 saturated heterocycles. The van der Waals surface area contributed by atoms with Crippen molar-refractivity contribution < 1.29 is 9.84 Å². The predicted molar refractivity (Wildman–Crippen MR) is 96.6 cm³/mol. The molecule has 130 valence electrons. The Balaban J connectivity index is 1.52. The van der Waals surface area contributed by atoms with Crippen LogP contribution in [-0.2, 0) is 6.54 Å². The topological polar surface area (TPSA) is 78.5 Å². The average Bonchev–Trinajstić information content (AvgIpc) is 2.60. The summed E-state index contributed by atoms with van der Waals surface area (Å²) < 4.78 is 5.68. The fraction of sp³-hybridized carbons (Fsp3) is 0.263. The van der Waals surface area contributed by atoms with Crippen LogP contribution in [-0.4, -0.2) is 46.3 Å². The molecular formula is C19H21N3O3. The number of fused-ring (bicyclic) bond motifs is 1. The third kappa shape index (κ3) is 4.89. The van der Waals surface area contributed by atoms with Gasteiger partial charge in [0.05, 0.1) is 0 Å². The van der Waals surface area contributed by atoms with Gasteiger partial charge in [0.1, 0.15) is 18.5 Å². The lowest BCUT2D eigenvalue weighted by Gasteiger charge is -2.20. The van der Waals surface area contributed by atoms with Crippen molar-refractivity contribution in [2.45, 2.75) is 12.6 Å². The maximum atomic E-state index is 11.3. The van der Waals surface area contributed by atoms with Crippen LogP contribution in [0.4, 0.5) is 0 Å². The number of nitrogens with one attached hydrogen (secondary N) is 1. The van der Waals surface area contributed by atoms with Gasteiger partial charge in [-0.15, -0.1) is 0 Å². The van der Waals surface area contributed by atoms with Crippen LogP contribution in [0.1, 0.15) is 5.56 Å². The standard InChI is InChI=1S/C19H21N3O3/c1-22(11-14-6-8-20-9-7-14)12-16(23)13-25-17-3-4-18-15(10-17)2-5-19(24)21-18/h2-10,16,23H,11-13H2,1H3,(H,21,24). The summed E-state index contributed by atoms with van der Waals surface area (Å²) in [6.07, 6.45) is 2.92. The molecule has 0 amide bonds. The SMILES string of the molecule is CN(Cc1ccncc1)CC(O)COc1ccc2[nH]c(=O)ccc2c1. The van der Waals surface area contributed by atoms with E-state index in [1.165, 1.54) is 6.07 Å². The molecule has 1 aromatic carbocycles. The smallest absolute Gasteiger partial charge is 0.248 e. The van der Waals surface area contributed by atoms with E-state index in [4.69, 9.17) is 4.74 Å². The molecule has 1 unspecified atom stereocenters. The minimum atomic E-state index is -0.599. The predicted octanol–water partition coefficient (Wildman–Crippen LogP) is 1.79. The van der Waals surface area contributed by atoms with Crippen molar-refractivity contribution in [1.29, 1.82) is 0 Å². The molecular weight excluding hydrogens is 318 g/mol. The highest BCUT2D eigenvalue weighted by Crippen LogP contribution is 2.18. The van der Waals surface area contributed by atoms with Gasteiger partial charge < -0.3 is 14.8 Å². The molecule has 2 N–H and O–H groups in total. The summed E-state index contributed by atoms with van der Waals surface area (Å²) in [5.74, 6) is 0.662. The molecule has 0 aliphatic rings. The Bertz CT molecular complexity index is 880. The number of hydrogen-bond acceptors (Lipinski definition) is 5. The van der Waals surface area contributed by atoms with E-state index in [-0.39, 0.29) is 12.2 Å². The van der Waals surface area contributed by atoms with Crippen molar-refractivity contribution in [3.05, 3.63) is 70.8 Å². The summed E-state index contributed by atoms with van der Waals surface area (Å²) >= 11 is 0. The van der Waals surface area contributed by atoms with Crippen LogP contribution in [0.3, 0.4) is 0 Å². The zero-order valence-corrected chi connectivity index (χ0v) is 14.1. The van der Waals surface area contributed by atoms with Crippen molar-refractivity contribution >= 4 is 10.9 Å². The summed E-state index contributed by atoms with van der Waals surface area (Å²) in [5.41, 5.74) is 1.78. The average molecular weight is 339 g/mol. The minimum Gasteiger partial charge on any atom is -0.491 e. The Hall–Kier alpha value is -2.70. The molecule has 6 heteroatoms. The normalized spacial score (nSPS) is 12.4. The van der Waals surface area contributed by atoms with Crippen molar-refractivity contribution in [2.75, 3.05) is 20.2 Å². The van der Waals surface area contributed by atoms with Crippen LogP contribution in [0.2, 0.25) is 0 Å². The van der Waals surface area contributed by atoms with Gasteiger partial charge in [-0.3, -0.25) is 14.7 Å². The molecule has 25 heavy (non-hydrogen) atoms. The van der Waals surface area contributed by atoms with Crippen LogP contribution in [0, 0.1) is 0 Å². The maximum absolute atomic E-state index is 11.3.